The Bertz CT molecular complexity index is 882. The average molecular weight is 330 g/mol. The van der Waals surface area contributed by atoms with Crippen molar-refractivity contribution in [2.45, 2.75) is 33.7 Å². The molecule has 0 atom stereocenters. The molecule has 0 unspecified atom stereocenters. The number of nitrogens with one attached hydrogen (secondary N) is 2. The molecule has 0 saturated carbocycles. The lowest BCUT2D eigenvalue weighted by Crippen LogP contribution is -2.22. The Kier molecular flexibility index (Phi) is 3.99. The molecule has 23 heavy (non-hydrogen) atoms. The lowest BCUT2D eigenvalue weighted by molar-refractivity contribution is 0.0955. The van der Waals surface area contributed by atoms with Gasteiger partial charge in [0.15, 0.2) is 0 Å². The first kappa shape index (κ1) is 15.4. The van der Waals surface area contributed by atoms with Crippen LogP contribution in [0.25, 0.3) is 10.2 Å². The number of fused-ring (bicyclic) bond motifs is 1. The topological polar surface area (TPSA) is 110 Å². The van der Waals surface area contributed by atoms with Gasteiger partial charge in [0.05, 0.1) is 35.2 Å². The summed E-state index contributed by atoms with van der Waals surface area (Å²) in [6.45, 7) is 6.10. The molecule has 0 bridgehead atoms. The van der Waals surface area contributed by atoms with Gasteiger partial charge < -0.3 is 16.0 Å². The molecular weight excluding hydrogens is 312 g/mol. The number of carbonyl (C=O) groups excluding carboxylic acids is 1. The van der Waals surface area contributed by atoms with Gasteiger partial charge in [-0.2, -0.15) is 0 Å². The number of H-pyrrole nitrogens is 1. The number of nitrogens with zero attached hydrogens (tertiary/aromatic N) is 3. The molecule has 0 aliphatic carbocycles. The molecule has 0 radical (unpaired) electrons. The number of thiophene rings is 1. The molecule has 3 aromatic heterocycles. The highest BCUT2D eigenvalue weighted by Crippen LogP contribution is 2.33. The van der Waals surface area contributed by atoms with E-state index in [-0.39, 0.29) is 5.91 Å². The normalized spacial score (nSPS) is 11.1. The summed E-state index contributed by atoms with van der Waals surface area (Å²) in [7, 11) is 0. The maximum Gasteiger partial charge on any atom is 0.263 e. The molecule has 0 saturated heterocycles. The third-order valence-electron chi connectivity index (χ3n) is 3.54. The second kappa shape index (κ2) is 5.96. The molecule has 0 fully saturated rings. The van der Waals surface area contributed by atoms with Crippen molar-refractivity contribution in [3.8, 4) is 0 Å². The van der Waals surface area contributed by atoms with Gasteiger partial charge in [-0.15, -0.1) is 11.3 Å². The molecule has 8 heteroatoms. The molecule has 0 aromatic carbocycles. The van der Waals surface area contributed by atoms with E-state index in [1.165, 1.54) is 11.3 Å². The van der Waals surface area contributed by atoms with Crippen molar-refractivity contribution in [2.75, 3.05) is 5.73 Å². The lowest BCUT2D eigenvalue weighted by Gasteiger charge is -2.03. The van der Waals surface area contributed by atoms with E-state index in [1.807, 2.05) is 20.8 Å². The van der Waals surface area contributed by atoms with Gasteiger partial charge in [-0.05, 0) is 13.8 Å². The van der Waals surface area contributed by atoms with Crippen LogP contribution in [0.1, 0.15) is 39.6 Å². The smallest absolute Gasteiger partial charge is 0.263 e. The summed E-state index contributed by atoms with van der Waals surface area (Å²) in [5.74, 6) is 1.36. The van der Waals surface area contributed by atoms with Gasteiger partial charge >= 0.3 is 0 Å². The second-order valence-electron chi connectivity index (χ2n) is 5.27. The zero-order valence-electron chi connectivity index (χ0n) is 13.2. The molecule has 3 rings (SSSR count). The summed E-state index contributed by atoms with van der Waals surface area (Å²) in [4.78, 5) is 29.7. The van der Waals surface area contributed by atoms with Crippen LogP contribution < -0.4 is 11.1 Å². The fourth-order valence-corrected chi connectivity index (χ4v) is 3.54. The minimum atomic E-state index is -0.213. The number of amides is 1. The minimum absolute atomic E-state index is 0.213. The Hall–Kier alpha value is -2.48. The largest absolute Gasteiger partial charge is 0.397 e. The third-order valence-corrected chi connectivity index (χ3v) is 4.64. The average Bonchev–Trinajstić information content (AvgIpc) is 3.09. The standard InChI is InChI=1S/C15H18N6OS/c1-4-10-17-5-9(21-10)6-18-14(22)13-12(16)11-7(2)19-8(3)20-15(11)23-13/h5H,4,6,16H2,1-3H3,(H,17,21)(H,18,22). The zero-order valence-corrected chi connectivity index (χ0v) is 14.0. The van der Waals surface area contributed by atoms with E-state index in [0.29, 0.717) is 22.9 Å². The summed E-state index contributed by atoms with van der Waals surface area (Å²) < 4.78 is 0. The molecule has 4 N–H and O–H groups in total. The Morgan fingerprint density at radius 1 is 1.39 bits per heavy atom. The number of aromatic nitrogens is 4. The summed E-state index contributed by atoms with van der Waals surface area (Å²) in [6.07, 6.45) is 2.56. The number of carbonyl (C=O) groups is 1. The van der Waals surface area contributed by atoms with E-state index < -0.39 is 0 Å². The number of hydrogen-bond acceptors (Lipinski definition) is 6. The molecule has 3 heterocycles. The predicted molar refractivity (Wildman–Crippen MR) is 90.4 cm³/mol. The van der Waals surface area contributed by atoms with Crippen molar-refractivity contribution in [1.29, 1.82) is 0 Å². The Morgan fingerprint density at radius 3 is 2.87 bits per heavy atom. The highest BCUT2D eigenvalue weighted by molar-refractivity contribution is 7.21. The summed E-state index contributed by atoms with van der Waals surface area (Å²) in [6, 6.07) is 0. The van der Waals surface area contributed by atoms with E-state index in [4.69, 9.17) is 5.73 Å². The number of anilines is 1. The first-order chi connectivity index (χ1) is 11.0. The van der Waals surface area contributed by atoms with E-state index in [1.54, 1.807) is 6.20 Å². The molecule has 7 nitrogen and oxygen atoms in total. The van der Waals surface area contributed by atoms with Crippen LogP contribution in [-0.2, 0) is 13.0 Å². The number of hydrogen-bond donors (Lipinski definition) is 3. The molecule has 0 aliphatic heterocycles. The molecule has 1 amide bonds. The van der Waals surface area contributed by atoms with E-state index in [2.05, 4.69) is 25.3 Å². The third kappa shape index (κ3) is 2.89. The van der Waals surface area contributed by atoms with Crippen LogP contribution >= 0.6 is 11.3 Å². The second-order valence-corrected chi connectivity index (χ2v) is 6.27. The fourth-order valence-electron chi connectivity index (χ4n) is 2.43. The molecule has 3 aromatic rings. The highest BCUT2D eigenvalue weighted by atomic mass is 32.1. The van der Waals surface area contributed by atoms with E-state index in [9.17, 15) is 4.79 Å². The van der Waals surface area contributed by atoms with Gasteiger partial charge in [0.2, 0.25) is 0 Å². The minimum Gasteiger partial charge on any atom is -0.397 e. The Labute approximate surface area is 137 Å². The maximum atomic E-state index is 12.4. The summed E-state index contributed by atoms with van der Waals surface area (Å²) in [5, 5.41) is 3.62. The van der Waals surface area contributed by atoms with Gasteiger partial charge in [0.1, 0.15) is 21.4 Å². The van der Waals surface area contributed by atoms with Crippen LogP contribution in [-0.4, -0.2) is 25.8 Å². The van der Waals surface area contributed by atoms with Crippen molar-refractivity contribution in [2.24, 2.45) is 0 Å². The van der Waals surface area contributed by atoms with Gasteiger partial charge in [0, 0.05) is 6.42 Å². The van der Waals surface area contributed by atoms with E-state index >= 15 is 0 Å². The van der Waals surface area contributed by atoms with Gasteiger partial charge in [0.25, 0.3) is 5.91 Å². The van der Waals surface area contributed by atoms with Crippen LogP contribution in [0, 0.1) is 13.8 Å². The van der Waals surface area contributed by atoms with Crippen LogP contribution in [0.15, 0.2) is 6.20 Å². The van der Waals surface area contributed by atoms with Gasteiger partial charge in [-0.25, -0.2) is 15.0 Å². The van der Waals surface area contributed by atoms with Gasteiger partial charge in [-0.3, -0.25) is 4.79 Å². The highest BCUT2D eigenvalue weighted by Gasteiger charge is 2.19. The Morgan fingerprint density at radius 2 is 2.17 bits per heavy atom. The van der Waals surface area contributed by atoms with Crippen LogP contribution in [0.4, 0.5) is 5.69 Å². The fraction of sp³-hybridized carbons (Fsp3) is 0.333. The summed E-state index contributed by atoms with van der Waals surface area (Å²) >= 11 is 1.29. The van der Waals surface area contributed by atoms with Crippen LogP contribution in [0.2, 0.25) is 0 Å². The number of aryl methyl sites for hydroxylation is 3. The van der Waals surface area contributed by atoms with Crippen LogP contribution in [0.3, 0.4) is 0 Å². The maximum absolute atomic E-state index is 12.4. The molecule has 0 aliphatic rings. The van der Waals surface area contributed by atoms with Crippen molar-refractivity contribution in [3.63, 3.8) is 0 Å². The SMILES string of the molecule is CCc1ncc(CNC(=O)c2sc3nc(C)nc(C)c3c2N)[nH]1. The predicted octanol–water partition coefficient (Wildman–Crippen LogP) is 2.11. The van der Waals surface area contributed by atoms with E-state index in [0.717, 1.165) is 33.8 Å². The molecule has 120 valence electrons. The first-order valence-corrected chi connectivity index (χ1v) is 8.15. The Balaban J connectivity index is 1.83. The van der Waals surface area contributed by atoms with Crippen molar-refractivity contribution in [1.82, 2.24) is 25.3 Å². The number of imidazole rings is 1. The summed E-state index contributed by atoms with van der Waals surface area (Å²) in [5.41, 5.74) is 8.23. The first-order valence-electron chi connectivity index (χ1n) is 7.33. The lowest BCUT2D eigenvalue weighted by atomic mass is 10.2. The number of nitrogen functional groups attached to an aromatic ring is 1. The molecule has 0 spiro atoms. The number of rotatable bonds is 4. The quantitative estimate of drug-likeness (QED) is 0.678. The van der Waals surface area contributed by atoms with Crippen molar-refractivity contribution in [3.05, 3.63) is 34.1 Å². The van der Waals surface area contributed by atoms with Crippen LogP contribution in [0.5, 0.6) is 0 Å². The monoisotopic (exact) mass is 330 g/mol. The number of aromatic amines is 1. The van der Waals surface area contributed by atoms with Gasteiger partial charge in [-0.1, -0.05) is 6.92 Å². The number of nitrogens with two attached hydrogens (primary N) is 1. The van der Waals surface area contributed by atoms with Crippen molar-refractivity contribution >= 4 is 33.1 Å². The van der Waals surface area contributed by atoms with Crippen molar-refractivity contribution < 1.29 is 4.79 Å². The zero-order chi connectivity index (χ0) is 16.6. The molecular formula is C15H18N6OS.